The summed E-state index contributed by atoms with van der Waals surface area (Å²) in [6.07, 6.45) is 1.63. The number of nitrogens with two attached hydrogens (primary N) is 1. The Bertz CT molecular complexity index is 475. The van der Waals surface area contributed by atoms with Crippen molar-refractivity contribution >= 4 is 17.6 Å². The standard InChI is InChI=1S/C10H11N3O4/c11-6(10(15)16)1-5-2-7-9(12-3-5)17-4-8(14)13-7/h2-3,6H,1,4,11H2,(H,13,14)(H,15,16)/t6-/m0/s1. The average Bonchev–Trinajstić information content (AvgIpc) is 2.28. The Hall–Kier alpha value is -2.15. The number of pyridine rings is 1. The first-order valence-corrected chi connectivity index (χ1v) is 4.96. The van der Waals surface area contributed by atoms with Gasteiger partial charge in [-0.3, -0.25) is 9.59 Å². The molecule has 7 heteroatoms. The highest BCUT2D eigenvalue weighted by Gasteiger charge is 2.19. The highest BCUT2D eigenvalue weighted by atomic mass is 16.5. The van der Waals surface area contributed by atoms with Gasteiger partial charge in [0.1, 0.15) is 11.7 Å². The van der Waals surface area contributed by atoms with Gasteiger partial charge < -0.3 is 20.9 Å². The fourth-order valence-electron chi connectivity index (χ4n) is 1.47. The van der Waals surface area contributed by atoms with Crippen LogP contribution in [0.3, 0.4) is 0 Å². The number of aromatic nitrogens is 1. The van der Waals surface area contributed by atoms with E-state index in [1.54, 1.807) is 6.07 Å². The van der Waals surface area contributed by atoms with Crippen LogP contribution in [0.15, 0.2) is 12.3 Å². The minimum Gasteiger partial charge on any atom is -0.480 e. The van der Waals surface area contributed by atoms with E-state index in [1.807, 2.05) is 0 Å². The first kappa shape index (κ1) is 11.3. The normalized spacial score (nSPS) is 15.5. The average molecular weight is 237 g/mol. The van der Waals surface area contributed by atoms with E-state index in [1.165, 1.54) is 6.20 Å². The summed E-state index contributed by atoms with van der Waals surface area (Å²) in [6, 6.07) is 0.623. The number of nitrogens with zero attached hydrogens (tertiary/aromatic N) is 1. The molecule has 90 valence electrons. The van der Waals surface area contributed by atoms with Gasteiger partial charge in [-0.15, -0.1) is 0 Å². The first-order chi connectivity index (χ1) is 8.06. The number of rotatable bonds is 3. The molecule has 1 aromatic rings. The van der Waals surface area contributed by atoms with Crippen LogP contribution in [0, 0.1) is 0 Å². The second kappa shape index (κ2) is 4.38. The van der Waals surface area contributed by atoms with Gasteiger partial charge in [-0.05, 0) is 18.1 Å². The minimum atomic E-state index is -1.08. The number of hydrogen-bond donors (Lipinski definition) is 3. The zero-order valence-electron chi connectivity index (χ0n) is 8.84. The highest BCUT2D eigenvalue weighted by molar-refractivity contribution is 5.94. The van der Waals surface area contributed by atoms with Crippen molar-refractivity contribution in [3.8, 4) is 5.88 Å². The SMILES string of the molecule is N[C@@H](Cc1cnc2c(c1)NC(=O)CO2)C(=O)O. The van der Waals surface area contributed by atoms with Crippen LogP contribution in [0.25, 0.3) is 0 Å². The molecule has 0 spiro atoms. The van der Waals surface area contributed by atoms with Crippen molar-refractivity contribution in [1.29, 1.82) is 0 Å². The molecule has 4 N–H and O–H groups in total. The molecule has 0 aromatic carbocycles. The molecule has 1 aliphatic heterocycles. The van der Waals surface area contributed by atoms with E-state index in [4.69, 9.17) is 15.6 Å². The number of nitrogens with one attached hydrogen (secondary N) is 1. The molecular weight excluding hydrogens is 226 g/mol. The summed E-state index contributed by atoms with van der Waals surface area (Å²) < 4.78 is 5.07. The lowest BCUT2D eigenvalue weighted by Crippen LogP contribution is -2.32. The van der Waals surface area contributed by atoms with Crippen molar-refractivity contribution < 1.29 is 19.4 Å². The van der Waals surface area contributed by atoms with E-state index in [9.17, 15) is 9.59 Å². The maximum absolute atomic E-state index is 11.1. The molecule has 0 unspecified atom stereocenters. The molecule has 7 nitrogen and oxygen atoms in total. The highest BCUT2D eigenvalue weighted by Crippen LogP contribution is 2.25. The van der Waals surface area contributed by atoms with Gasteiger partial charge in [0, 0.05) is 6.20 Å². The number of aliphatic carboxylic acids is 1. The fourth-order valence-corrected chi connectivity index (χ4v) is 1.47. The third-order valence-corrected chi connectivity index (χ3v) is 2.29. The van der Waals surface area contributed by atoms with Crippen molar-refractivity contribution in [3.63, 3.8) is 0 Å². The molecule has 1 aliphatic rings. The third-order valence-electron chi connectivity index (χ3n) is 2.29. The monoisotopic (exact) mass is 237 g/mol. The molecule has 0 aliphatic carbocycles. The first-order valence-electron chi connectivity index (χ1n) is 4.96. The molecule has 1 atom stereocenters. The molecular formula is C10H11N3O4. The summed E-state index contributed by atoms with van der Waals surface area (Å²) in [6.45, 7) is -0.0615. The Morgan fingerprint density at radius 2 is 2.47 bits per heavy atom. The zero-order valence-corrected chi connectivity index (χ0v) is 8.84. The molecule has 2 rings (SSSR count). The topological polar surface area (TPSA) is 115 Å². The number of amides is 1. The Balaban J connectivity index is 2.18. The predicted molar refractivity (Wildman–Crippen MR) is 57.7 cm³/mol. The second-order valence-corrected chi connectivity index (χ2v) is 3.68. The van der Waals surface area contributed by atoms with Gasteiger partial charge in [-0.1, -0.05) is 0 Å². The zero-order chi connectivity index (χ0) is 12.4. The second-order valence-electron chi connectivity index (χ2n) is 3.68. The van der Waals surface area contributed by atoms with Crippen molar-refractivity contribution in [2.75, 3.05) is 11.9 Å². The lowest BCUT2D eigenvalue weighted by atomic mass is 10.1. The van der Waals surface area contributed by atoms with Crippen molar-refractivity contribution in [3.05, 3.63) is 17.8 Å². The van der Waals surface area contributed by atoms with Gasteiger partial charge in [-0.25, -0.2) is 4.98 Å². The summed E-state index contributed by atoms with van der Waals surface area (Å²) in [5, 5.41) is 11.3. The van der Waals surface area contributed by atoms with Crippen molar-refractivity contribution in [2.45, 2.75) is 12.5 Å². The molecule has 17 heavy (non-hydrogen) atoms. The van der Waals surface area contributed by atoms with Gasteiger partial charge >= 0.3 is 5.97 Å². The van der Waals surface area contributed by atoms with Crippen LogP contribution in [0.1, 0.15) is 5.56 Å². The van der Waals surface area contributed by atoms with Gasteiger partial charge in [0.2, 0.25) is 5.88 Å². The number of carbonyl (C=O) groups excluding carboxylic acids is 1. The quantitative estimate of drug-likeness (QED) is 0.644. The van der Waals surface area contributed by atoms with Crippen LogP contribution in [0.4, 0.5) is 5.69 Å². The lowest BCUT2D eigenvalue weighted by Gasteiger charge is -2.17. The van der Waals surface area contributed by atoms with E-state index >= 15 is 0 Å². The number of carboxylic acid groups (broad SMARTS) is 1. The van der Waals surface area contributed by atoms with Crippen molar-refractivity contribution in [2.24, 2.45) is 5.73 Å². The fraction of sp³-hybridized carbons (Fsp3) is 0.300. The van der Waals surface area contributed by atoms with Gasteiger partial charge in [-0.2, -0.15) is 0 Å². The number of carboxylic acids is 1. The number of ether oxygens (including phenoxy) is 1. The Morgan fingerprint density at radius 3 is 3.18 bits per heavy atom. The predicted octanol–water partition coefficient (Wildman–Crippen LogP) is -0.633. The summed E-state index contributed by atoms with van der Waals surface area (Å²) >= 11 is 0. The van der Waals surface area contributed by atoms with Gasteiger partial charge in [0.15, 0.2) is 6.61 Å². The molecule has 1 aromatic heterocycles. The Kier molecular flexibility index (Phi) is 2.92. The van der Waals surface area contributed by atoms with Crippen LogP contribution in [-0.2, 0) is 16.0 Å². The largest absolute Gasteiger partial charge is 0.480 e. The Morgan fingerprint density at radius 1 is 1.71 bits per heavy atom. The van der Waals surface area contributed by atoms with Crippen LogP contribution in [0.2, 0.25) is 0 Å². The lowest BCUT2D eigenvalue weighted by molar-refractivity contribution is -0.138. The molecule has 0 radical (unpaired) electrons. The summed E-state index contributed by atoms with van der Waals surface area (Å²) in [5.41, 5.74) is 6.48. The van der Waals surface area contributed by atoms with E-state index in [-0.39, 0.29) is 18.9 Å². The van der Waals surface area contributed by atoms with E-state index in [0.29, 0.717) is 17.1 Å². The number of carbonyl (C=O) groups is 2. The molecule has 0 saturated carbocycles. The van der Waals surface area contributed by atoms with Crippen molar-refractivity contribution in [1.82, 2.24) is 4.98 Å². The summed E-state index contributed by atoms with van der Waals surface area (Å²) in [4.78, 5) is 25.7. The maximum atomic E-state index is 11.1. The molecule has 2 heterocycles. The number of hydrogen-bond acceptors (Lipinski definition) is 5. The number of fused-ring (bicyclic) bond motifs is 1. The molecule has 0 saturated heterocycles. The molecule has 1 amide bonds. The van der Waals surface area contributed by atoms with E-state index in [2.05, 4.69) is 10.3 Å². The van der Waals surface area contributed by atoms with Crippen LogP contribution < -0.4 is 15.8 Å². The molecule has 0 fully saturated rings. The molecule has 0 bridgehead atoms. The smallest absolute Gasteiger partial charge is 0.320 e. The number of anilines is 1. The van der Waals surface area contributed by atoms with Crippen LogP contribution in [-0.4, -0.2) is 34.6 Å². The minimum absolute atomic E-state index is 0.0615. The summed E-state index contributed by atoms with van der Waals surface area (Å²) in [7, 11) is 0. The Labute approximate surface area is 96.6 Å². The third kappa shape index (κ3) is 2.51. The van der Waals surface area contributed by atoms with Crippen LogP contribution in [0.5, 0.6) is 5.88 Å². The van der Waals surface area contributed by atoms with E-state index < -0.39 is 12.0 Å². The maximum Gasteiger partial charge on any atom is 0.320 e. The van der Waals surface area contributed by atoms with Gasteiger partial charge in [0.05, 0.1) is 0 Å². The van der Waals surface area contributed by atoms with E-state index in [0.717, 1.165) is 0 Å². The van der Waals surface area contributed by atoms with Crippen LogP contribution >= 0.6 is 0 Å². The summed E-state index contributed by atoms with van der Waals surface area (Å²) in [5.74, 6) is -1.01. The van der Waals surface area contributed by atoms with Gasteiger partial charge in [0.25, 0.3) is 5.91 Å².